The second-order valence-corrected chi connectivity index (χ2v) is 9.77. The summed E-state index contributed by atoms with van der Waals surface area (Å²) < 4.78 is 44.2. The van der Waals surface area contributed by atoms with Gasteiger partial charge in [-0.25, -0.2) is 8.42 Å². The standard InChI is InChI=1S/C26H30N2O6S/c1-17-6-7-18(2)23(14-17)28-35(30,31)22-11-9-21(10-12-22)34-16-26(29)27-19(3)20-8-13-24(32-4)25(15-20)33-5/h6-15,19,28H,16H2,1-5H3,(H,27,29)/t19-/m1/s1. The van der Waals surface area contributed by atoms with Crippen molar-refractivity contribution < 1.29 is 27.4 Å². The molecule has 1 amide bonds. The first-order chi connectivity index (χ1) is 16.6. The fourth-order valence-corrected chi connectivity index (χ4v) is 4.52. The predicted octanol–water partition coefficient (Wildman–Crippen LogP) is 4.38. The van der Waals surface area contributed by atoms with Gasteiger partial charge in [-0.2, -0.15) is 0 Å². The lowest BCUT2D eigenvalue weighted by atomic mass is 10.1. The van der Waals surface area contributed by atoms with E-state index in [2.05, 4.69) is 10.0 Å². The van der Waals surface area contributed by atoms with Crippen LogP contribution in [0.1, 0.15) is 29.7 Å². The van der Waals surface area contributed by atoms with Crippen molar-refractivity contribution in [3.8, 4) is 17.2 Å². The summed E-state index contributed by atoms with van der Waals surface area (Å²) in [6.45, 7) is 5.37. The van der Waals surface area contributed by atoms with Gasteiger partial charge in [0.15, 0.2) is 18.1 Å². The Hall–Kier alpha value is -3.72. The Morgan fingerprint density at radius 2 is 1.60 bits per heavy atom. The van der Waals surface area contributed by atoms with E-state index in [1.807, 2.05) is 39.0 Å². The third-order valence-electron chi connectivity index (χ3n) is 5.43. The van der Waals surface area contributed by atoms with Crippen LogP contribution >= 0.6 is 0 Å². The van der Waals surface area contributed by atoms with Gasteiger partial charge in [0.25, 0.3) is 15.9 Å². The zero-order valence-electron chi connectivity index (χ0n) is 20.4. The number of hydrogen-bond acceptors (Lipinski definition) is 6. The number of hydrogen-bond donors (Lipinski definition) is 2. The topological polar surface area (TPSA) is 103 Å². The minimum absolute atomic E-state index is 0.0947. The van der Waals surface area contributed by atoms with Crippen molar-refractivity contribution in [2.45, 2.75) is 31.7 Å². The molecule has 0 saturated heterocycles. The Bertz CT molecular complexity index is 1290. The number of anilines is 1. The van der Waals surface area contributed by atoms with E-state index in [9.17, 15) is 13.2 Å². The lowest BCUT2D eigenvalue weighted by Crippen LogP contribution is -2.31. The van der Waals surface area contributed by atoms with Gasteiger partial charge >= 0.3 is 0 Å². The molecule has 0 fully saturated rings. The maximum Gasteiger partial charge on any atom is 0.261 e. The number of rotatable bonds is 10. The molecule has 186 valence electrons. The third-order valence-corrected chi connectivity index (χ3v) is 6.81. The van der Waals surface area contributed by atoms with Crippen molar-refractivity contribution in [2.24, 2.45) is 0 Å². The Morgan fingerprint density at radius 1 is 0.914 bits per heavy atom. The van der Waals surface area contributed by atoms with Crippen LogP contribution in [0.25, 0.3) is 0 Å². The fourth-order valence-electron chi connectivity index (χ4n) is 3.40. The van der Waals surface area contributed by atoms with E-state index >= 15 is 0 Å². The van der Waals surface area contributed by atoms with Crippen molar-refractivity contribution in [3.63, 3.8) is 0 Å². The van der Waals surface area contributed by atoms with Crippen LogP contribution in [0.2, 0.25) is 0 Å². The molecule has 0 spiro atoms. The molecule has 3 aromatic carbocycles. The highest BCUT2D eigenvalue weighted by Crippen LogP contribution is 2.30. The first-order valence-corrected chi connectivity index (χ1v) is 12.5. The number of carbonyl (C=O) groups excluding carboxylic acids is 1. The quantitative estimate of drug-likeness (QED) is 0.430. The molecule has 35 heavy (non-hydrogen) atoms. The summed E-state index contributed by atoms with van der Waals surface area (Å²) in [5.74, 6) is 1.24. The monoisotopic (exact) mass is 498 g/mol. The number of ether oxygens (including phenoxy) is 3. The van der Waals surface area contributed by atoms with Crippen LogP contribution in [0.15, 0.2) is 65.6 Å². The van der Waals surface area contributed by atoms with Crippen LogP contribution in [0, 0.1) is 13.8 Å². The Labute approximate surface area is 206 Å². The largest absolute Gasteiger partial charge is 0.493 e. The van der Waals surface area contributed by atoms with Crippen molar-refractivity contribution >= 4 is 21.6 Å². The molecule has 0 saturated carbocycles. The third kappa shape index (κ3) is 6.66. The molecular weight excluding hydrogens is 468 g/mol. The second kappa shape index (κ2) is 11.1. The van der Waals surface area contributed by atoms with Gasteiger partial charge in [0.2, 0.25) is 0 Å². The van der Waals surface area contributed by atoms with Crippen LogP contribution in [0.5, 0.6) is 17.2 Å². The maximum absolute atomic E-state index is 12.8. The van der Waals surface area contributed by atoms with Crippen molar-refractivity contribution in [1.82, 2.24) is 5.32 Å². The average Bonchev–Trinajstić information content (AvgIpc) is 2.84. The zero-order valence-corrected chi connectivity index (χ0v) is 21.2. The second-order valence-electron chi connectivity index (χ2n) is 8.09. The van der Waals surface area contributed by atoms with E-state index in [1.54, 1.807) is 32.4 Å². The molecule has 9 heteroatoms. The van der Waals surface area contributed by atoms with Crippen LogP contribution in [0.4, 0.5) is 5.69 Å². The number of carbonyl (C=O) groups is 1. The molecule has 0 aliphatic rings. The van der Waals surface area contributed by atoms with E-state index in [4.69, 9.17) is 14.2 Å². The molecule has 0 unspecified atom stereocenters. The van der Waals surface area contributed by atoms with Gasteiger partial charge in [-0.3, -0.25) is 9.52 Å². The number of sulfonamides is 1. The molecule has 3 aromatic rings. The number of amides is 1. The van der Waals surface area contributed by atoms with Crippen LogP contribution < -0.4 is 24.2 Å². The number of methoxy groups -OCH3 is 2. The van der Waals surface area contributed by atoms with Crippen molar-refractivity contribution in [2.75, 3.05) is 25.5 Å². The number of benzene rings is 3. The highest BCUT2D eigenvalue weighted by atomic mass is 32.2. The minimum atomic E-state index is -3.76. The average molecular weight is 499 g/mol. The zero-order chi connectivity index (χ0) is 25.6. The first kappa shape index (κ1) is 25.9. The number of aryl methyl sites for hydroxylation is 2. The van der Waals surface area contributed by atoms with E-state index in [0.29, 0.717) is 22.9 Å². The van der Waals surface area contributed by atoms with Crippen LogP contribution in [-0.4, -0.2) is 35.2 Å². The Balaban J connectivity index is 1.58. The van der Waals surface area contributed by atoms with E-state index in [1.165, 1.54) is 24.3 Å². The van der Waals surface area contributed by atoms with Crippen molar-refractivity contribution in [3.05, 3.63) is 77.4 Å². The van der Waals surface area contributed by atoms with Gasteiger partial charge in [0.1, 0.15) is 5.75 Å². The smallest absolute Gasteiger partial charge is 0.261 e. The van der Waals surface area contributed by atoms with E-state index < -0.39 is 10.0 Å². The van der Waals surface area contributed by atoms with Crippen LogP contribution in [-0.2, 0) is 14.8 Å². The molecule has 1 atom stereocenters. The van der Waals surface area contributed by atoms with Gasteiger partial charge in [0, 0.05) is 0 Å². The van der Waals surface area contributed by atoms with Gasteiger partial charge in [-0.05, 0) is 79.9 Å². The molecule has 3 rings (SSSR count). The highest BCUT2D eigenvalue weighted by molar-refractivity contribution is 7.92. The van der Waals surface area contributed by atoms with E-state index in [0.717, 1.165) is 16.7 Å². The summed E-state index contributed by atoms with van der Waals surface area (Å²) in [5.41, 5.74) is 3.16. The highest BCUT2D eigenvalue weighted by Gasteiger charge is 2.16. The molecule has 0 aromatic heterocycles. The molecule has 0 aliphatic heterocycles. The maximum atomic E-state index is 12.8. The lowest BCUT2D eigenvalue weighted by molar-refractivity contribution is -0.123. The summed E-state index contributed by atoms with van der Waals surface area (Å²) in [6, 6.07) is 16.6. The van der Waals surface area contributed by atoms with E-state index in [-0.39, 0.29) is 23.5 Å². The van der Waals surface area contributed by atoms with Crippen molar-refractivity contribution in [1.29, 1.82) is 0 Å². The number of nitrogens with one attached hydrogen (secondary N) is 2. The SMILES string of the molecule is COc1ccc([C@@H](C)NC(=O)COc2ccc(S(=O)(=O)Nc3cc(C)ccc3C)cc2)cc1OC. The Kier molecular flexibility index (Phi) is 8.24. The predicted molar refractivity (Wildman–Crippen MR) is 135 cm³/mol. The molecule has 0 heterocycles. The molecule has 0 radical (unpaired) electrons. The minimum Gasteiger partial charge on any atom is -0.493 e. The molecule has 8 nitrogen and oxygen atoms in total. The fraction of sp³-hybridized carbons (Fsp3) is 0.269. The summed E-state index contributed by atoms with van der Waals surface area (Å²) >= 11 is 0. The molecule has 0 bridgehead atoms. The normalized spacial score (nSPS) is 11.9. The Morgan fingerprint density at radius 3 is 2.26 bits per heavy atom. The molecule has 0 aliphatic carbocycles. The summed E-state index contributed by atoms with van der Waals surface area (Å²) in [7, 11) is -0.652. The van der Waals surface area contributed by atoms with Gasteiger partial charge in [-0.1, -0.05) is 18.2 Å². The van der Waals surface area contributed by atoms with Gasteiger partial charge in [0.05, 0.1) is 30.8 Å². The molecular formula is C26H30N2O6S. The first-order valence-electron chi connectivity index (χ1n) is 11.0. The van der Waals surface area contributed by atoms with Gasteiger partial charge < -0.3 is 19.5 Å². The van der Waals surface area contributed by atoms with Crippen LogP contribution in [0.3, 0.4) is 0 Å². The summed E-state index contributed by atoms with van der Waals surface area (Å²) in [4.78, 5) is 12.5. The van der Waals surface area contributed by atoms with Gasteiger partial charge in [-0.15, -0.1) is 0 Å². The summed E-state index contributed by atoms with van der Waals surface area (Å²) in [6.07, 6.45) is 0. The molecule has 2 N–H and O–H groups in total. The lowest BCUT2D eigenvalue weighted by Gasteiger charge is -2.17. The summed E-state index contributed by atoms with van der Waals surface area (Å²) in [5, 5.41) is 2.86.